The number of ether oxygens (including phenoxy) is 2. The van der Waals surface area contributed by atoms with Crippen LogP contribution in [0.15, 0.2) is 28.7 Å². The number of oxazole rings is 1. The van der Waals surface area contributed by atoms with Crippen molar-refractivity contribution < 1.29 is 23.8 Å². The van der Waals surface area contributed by atoms with Crippen LogP contribution in [-0.4, -0.2) is 29.3 Å². The quantitative estimate of drug-likeness (QED) is 0.843. The molecule has 6 heteroatoms. The zero-order chi connectivity index (χ0) is 15.2. The van der Waals surface area contributed by atoms with E-state index < -0.39 is 5.97 Å². The van der Waals surface area contributed by atoms with Crippen molar-refractivity contribution in [2.45, 2.75) is 20.3 Å². The molecule has 21 heavy (non-hydrogen) atoms. The molecule has 0 fully saturated rings. The first-order chi connectivity index (χ1) is 10.2. The number of carbonyl (C=O) groups is 1. The van der Waals surface area contributed by atoms with Crippen molar-refractivity contribution in [3.8, 4) is 23.1 Å². The van der Waals surface area contributed by atoms with Gasteiger partial charge in [-0.3, -0.25) is 0 Å². The Kier molecular flexibility index (Phi) is 4.81. The van der Waals surface area contributed by atoms with Gasteiger partial charge in [0, 0.05) is 5.56 Å². The first-order valence-corrected chi connectivity index (χ1v) is 6.75. The summed E-state index contributed by atoms with van der Waals surface area (Å²) in [6, 6.07) is 7.14. The second-order valence-electron chi connectivity index (χ2n) is 4.27. The molecular weight excluding hydrogens is 274 g/mol. The van der Waals surface area contributed by atoms with E-state index >= 15 is 0 Å². The summed E-state index contributed by atoms with van der Waals surface area (Å²) in [6.45, 7) is 4.67. The van der Waals surface area contributed by atoms with Crippen LogP contribution in [0.2, 0.25) is 0 Å². The Morgan fingerprint density at radius 2 is 2.14 bits per heavy atom. The van der Waals surface area contributed by atoms with E-state index in [4.69, 9.17) is 19.0 Å². The fourth-order valence-corrected chi connectivity index (χ4v) is 1.73. The molecule has 0 bridgehead atoms. The van der Waals surface area contributed by atoms with Crippen LogP contribution in [0.1, 0.15) is 30.8 Å². The number of nitrogens with zero attached hydrogens (tertiary/aromatic N) is 1. The van der Waals surface area contributed by atoms with E-state index in [0.717, 1.165) is 6.42 Å². The monoisotopic (exact) mass is 291 g/mol. The third-order valence-electron chi connectivity index (χ3n) is 2.63. The summed E-state index contributed by atoms with van der Waals surface area (Å²) < 4.78 is 16.1. The number of aromatic carboxylic acids is 1. The maximum atomic E-state index is 11.1. The van der Waals surface area contributed by atoms with Gasteiger partial charge in [-0.1, -0.05) is 13.0 Å². The van der Waals surface area contributed by atoms with Crippen molar-refractivity contribution in [2.75, 3.05) is 13.2 Å². The number of hydrogen-bond acceptors (Lipinski definition) is 5. The van der Waals surface area contributed by atoms with E-state index in [9.17, 15) is 4.79 Å². The molecule has 0 saturated heterocycles. The molecule has 1 aromatic carbocycles. The van der Waals surface area contributed by atoms with Crippen molar-refractivity contribution in [1.82, 2.24) is 4.98 Å². The summed E-state index contributed by atoms with van der Waals surface area (Å²) in [5.41, 5.74) is 0.406. The lowest BCUT2D eigenvalue weighted by Gasteiger charge is -2.04. The van der Waals surface area contributed by atoms with E-state index in [1.54, 1.807) is 25.1 Å². The molecule has 0 aliphatic rings. The highest BCUT2D eigenvalue weighted by molar-refractivity contribution is 5.88. The van der Waals surface area contributed by atoms with Crippen LogP contribution in [0.4, 0.5) is 0 Å². The van der Waals surface area contributed by atoms with Gasteiger partial charge in [-0.15, -0.1) is 0 Å². The molecule has 0 unspecified atom stereocenters. The second-order valence-corrected chi connectivity index (χ2v) is 4.27. The molecule has 0 aliphatic heterocycles. The van der Waals surface area contributed by atoms with Crippen LogP contribution < -0.4 is 9.47 Å². The predicted molar refractivity (Wildman–Crippen MR) is 75.9 cm³/mol. The average Bonchev–Trinajstić information content (AvgIpc) is 2.90. The van der Waals surface area contributed by atoms with Crippen molar-refractivity contribution in [3.63, 3.8) is 0 Å². The third kappa shape index (κ3) is 3.53. The summed E-state index contributed by atoms with van der Waals surface area (Å²) in [5.74, 6) is -0.396. The molecule has 112 valence electrons. The minimum atomic E-state index is -1.19. The van der Waals surface area contributed by atoms with Gasteiger partial charge < -0.3 is 19.0 Å². The Morgan fingerprint density at radius 3 is 2.81 bits per heavy atom. The summed E-state index contributed by atoms with van der Waals surface area (Å²) in [6.07, 6.45) is 0.904. The molecule has 0 saturated carbocycles. The van der Waals surface area contributed by atoms with Gasteiger partial charge in [0.05, 0.1) is 13.2 Å². The lowest BCUT2D eigenvalue weighted by atomic mass is 10.2. The van der Waals surface area contributed by atoms with Gasteiger partial charge in [-0.2, -0.15) is 4.98 Å². The third-order valence-corrected chi connectivity index (χ3v) is 2.63. The first-order valence-electron chi connectivity index (χ1n) is 6.75. The molecule has 0 spiro atoms. The molecule has 1 aromatic heterocycles. The smallest absolute Gasteiger partial charge is 0.362 e. The Labute approximate surface area is 122 Å². The normalized spacial score (nSPS) is 10.4. The Morgan fingerprint density at radius 1 is 1.33 bits per heavy atom. The predicted octanol–water partition coefficient (Wildman–Crippen LogP) is 3.23. The molecule has 2 rings (SSSR count). The Hall–Kier alpha value is -2.50. The maximum absolute atomic E-state index is 11.1. The van der Waals surface area contributed by atoms with Crippen LogP contribution in [0.5, 0.6) is 11.7 Å². The van der Waals surface area contributed by atoms with Gasteiger partial charge in [0.1, 0.15) is 5.75 Å². The molecule has 1 N–H and O–H groups in total. The summed E-state index contributed by atoms with van der Waals surface area (Å²) in [5, 5.41) is 9.10. The molecule has 6 nitrogen and oxygen atoms in total. The molecule has 1 heterocycles. The van der Waals surface area contributed by atoms with E-state index in [2.05, 4.69) is 4.98 Å². The van der Waals surface area contributed by atoms with E-state index in [1.807, 2.05) is 13.0 Å². The number of rotatable bonds is 7. The van der Waals surface area contributed by atoms with Gasteiger partial charge in [0.15, 0.2) is 0 Å². The first kappa shape index (κ1) is 14.9. The molecule has 0 aliphatic carbocycles. The van der Waals surface area contributed by atoms with Crippen molar-refractivity contribution >= 4 is 5.97 Å². The maximum Gasteiger partial charge on any atom is 0.362 e. The van der Waals surface area contributed by atoms with E-state index in [0.29, 0.717) is 24.5 Å². The lowest BCUT2D eigenvalue weighted by Crippen LogP contribution is -2.01. The largest absolute Gasteiger partial charge is 0.494 e. The van der Waals surface area contributed by atoms with Gasteiger partial charge in [-0.05, 0) is 31.5 Å². The Balaban J connectivity index is 2.33. The topological polar surface area (TPSA) is 81.8 Å². The number of benzene rings is 1. The lowest BCUT2D eigenvalue weighted by molar-refractivity contribution is 0.0683. The summed E-state index contributed by atoms with van der Waals surface area (Å²) in [7, 11) is 0. The molecule has 0 amide bonds. The van der Waals surface area contributed by atoms with Gasteiger partial charge in [0.2, 0.25) is 11.6 Å². The average molecular weight is 291 g/mol. The zero-order valence-electron chi connectivity index (χ0n) is 12.0. The van der Waals surface area contributed by atoms with Crippen molar-refractivity contribution in [2.24, 2.45) is 0 Å². The molecule has 0 radical (unpaired) electrons. The van der Waals surface area contributed by atoms with Crippen molar-refractivity contribution in [1.29, 1.82) is 0 Å². The minimum absolute atomic E-state index is 0.0834. The standard InChI is InChI=1S/C15H17NO5/c1-3-8-20-11-7-5-6-10(9-11)13-16-12(14(17)18)15(21-13)19-4-2/h5-7,9H,3-4,8H2,1-2H3,(H,17,18). The molecular formula is C15H17NO5. The number of aromatic nitrogens is 1. The van der Waals surface area contributed by atoms with Crippen molar-refractivity contribution in [3.05, 3.63) is 30.0 Å². The molecule has 0 atom stereocenters. The van der Waals surface area contributed by atoms with Gasteiger partial charge in [0.25, 0.3) is 0 Å². The van der Waals surface area contributed by atoms with E-state index in [1.165, 1.54) is 0 Å². The van der Waals surface area contributed by atoms with Crippen LogP contribution >= 0.6 is 0 Å². The van der Waals surface area contributed by atoms with Crippen LogP contribution in [0, 0.1) is 0 Å². The molecule has 2 aromatic rings. The number of hydrogen-bond donors (Lipinski definition) is 1. The van der Waals surface area contributed by atoms with Crippen LogP contribution in [-0.2, 0) is 0 Å². The highest BCUT2D eigenvalue weighted by Crippen LogP contribution is 2.29. The Bertz CT molecular complexity index is 620. The number of carboxylic acids is 1. The van der Waals surface area contributed by atoms with Gasteiger partial charge in [-0.25, -0.2) is 4.79 Å². The van der Waals surface area contributed by atoms with Crippen LogP contribution in [0.25, 0.3) is 11.5 Å². The SMILES string of the molecule is CCCOc1cccc(-c2nc(C(=O)O)c(OCC)o2)c1. The fraction of sp³-hybridized carbons (Fsp3) is 0.333. The van der Waals surface area contributed by atoms with E-state index in [-0.39, 0.29) is 17.5 Å². The van der Waals surface area contributed by atoms with Crippen LogP contribution in [0.3, 0.4) is 0 Å². The highest BCUT2D eigenvalue weighted by Gasteiger charge is 2.21. The highest BCUT2D eigenvalue weighted by atomic mass is 16.6. The summed E-state index contributed by atoms with van der Waals surface area (Å²) in [4.78, 5) is 15.1. The summed E-state index contributed by atoms with van der Waals surface area (Å²) >= 11 is 0. The second kappa shape index (κ2) is 6.78. The fourth-order valence-electron chi connectivity index (χ4n) is 1.73. The minimum Gasteiger partial charge on any atom is -0.494 e. The zero-order valence-corrected chi connectivity index (χ0v) is 12.0. The van der Waals surface area contributed by atoms with Gasteiger partial charge >= 0.3 is 11.9 Å². The number of carboxylic acid groups (broad SMARTS) is 1.